The van der Waals surface area contributed by atoms with Crippen LogP contribution >= 0.6 is 0 Å². The van der Waals surface area contributed by atoms with Crippen molar-refractivity contribution < 1.29 is 14.7 Å². The monoisotopic (exact) mass is 228 g/mol. The van der Waals surface area contributed by atoms with Gasteiger partial charge in [0.15, 0.2) is 0 Å². The maximum absolute atomic E-state index is 11.8. The summed E-state index contributed by atoms with van der Waals surface area (Å²) in [6, 6.07) is -0.589. The Balaban J connectivity index is 4.80. The number of carbonyl (C=O) groups is 2. The van der Waals surface area contributed by atoms with Crippen molar-refractivity contribution in [2.75, 3.05) is 6.54 Å². The molecule has 0 aromatic rings. The number of carbonyl (C=O) groups excluding carboxylic acids is 1. The second-order valence-electron chi connectivity index (χ2n) is 4.08. The van der Waals surface area contributed by atoms with E-state index in [9.17, 15) is 9.59 Å². The third-order valence-electron chi connectivity index (χ3n) is 2.46. The van der Waals surface area contributed by atoms with Crippen LogP contribution in [0.4, 0.5) is 4.79 Å². The highest BCUT2D eigenvalue weighted by Crippen LogP contribution is 2.14. The summed E-state index contributed by atoms with van der Waals surface area (Å²) in [7, 11) is 0. The number of hydrogen-bond acceptors (Lipinski definition) is 2. The van der Waals surface area contributed by atoms with Crippen LogP contribution < -0.4 is 5.32 Å². The summed E-state index contributed by atoms with van der Waals surface area (Å²) in [6.45, 7) is 10.4. The van der Waals surface area contributed by atoms with Gasteiger partial charge in [-0.15, -0.1) is 6.58 Å². The van der Waals surface area contributed by atoms with Crippen molar-refractivity contribution in [2.24, 2.45) is 0 Å². The van der Waals surface area contributed by atoms with Crippen LogP contribution in [0.2, 0.25) is 0 Å². The Labute approximate surface area is 96.1 Å². The van der Waals surface area contributed by atoms with Gasteiger partial charge in [0.1, 0.15) is 5.54 Å². The van der Waals surface area contributed by atoms with Crippen molar-refractivity contribution in [3.63, 3.8) is 0 Å². The lowest BCUT2D eigenvalue weighted by molar-refractivity contribution is -0.147. The molecule has 1 atom stereocenters. The SMILES string of the molecule is C=CC(C)NC(=O)N(CC)C(C)(C)C(=O)O. The Morgan fingerprint density at radius 1 is 1.56 bits per heavy atom. The van der Waals surface area contributed by atoms with Gasteiger partial charge in [-0.25, -0.2) is 9.59 Å². The van der Waals surface area contributed by atoms with E-state index in [1.807, 2.05) is 0 Å². The summed E-state index contributed by atoms with van der Waals surface area (Å²) < 4.78 is 0. The van der Waals surface area contributed by atoms with Crippen molar-refractivity contribution in [1.29, 1.82) is 0 Å². The molecular weight excluding hydrogens is 208 g/mol. The maximum Gasteiger partial charge on any atom is 0.329 e. The van der Waals surface area contributed by atoms with E-state index in [4.69, 9.17) is 5.11 Å². The number of nitrogens with one attached hydrogen (secondary N) is 1. The van der Waals surface area contributed by atoms with Gasteiger partial charge in [0, 0.05) is 12.6 Å². The lowest BCUT2D eigenvalue weighted by Gasteiger charge is -2.34. The molecule has 0 fully saturated rings. The van der Waals surface area contributed by atoms with Crippen LogP contribution in [0.25, 0.3) is 0 Å². The molecule has 0 radical (unpaired) electrons. The number of carboxylic acids is 1. The summed E-state index contributed by atoms with van der Waals surface area (Å²) in [5, 5.41) is 11.7. The first kappa shape index (κ1) is 14.5. The topological polar surface area (TPSA) is 69.6 Å². The number of hydrogen-bond donors (Lipinski definition) is 2. The minimum absolute atomic E-state index is 0.189. The number of rotatable bonds is 5. The predicted octanol–water partition coefficient (Wildman–Crippen LogP) is 1.46. The Kier molecular flexibility index (Phi) is 5.01. The molecule has 0 aliphatic rings. The third kappa shape index (κ3) is 3.25. The van der Waals surface area contributed by atoms with E-state index in [0.717, 1.165) is 0 Å². The molecule has 0 spiro atoms. The molecule has 0 saturated heterocycles. The molecule has 2 amide bonds. The first-order chi connectivity index (χ1) is 7.27. The average molecular weight is 228 g/mol. The number of likely N-dealkylation sites (N-methyl/N-ethyl adjacent to an activating group) is 1. The molecule has 0 aromatic carbocycles. The molecule has 0 heterocycles. The summed E-state index contributed by atoms with van der Waals surface area (Å²) >= 11 is 0. The smallest absolute Gasteiger partial charge is 0.329 e. The van der Waals surface area contributed by atoms with E-state index >= 15 is 0 Å². The lowest BCUT2D eigenvalue weighted by Crippen LogP contribution is -2.57. The second-order valence-corrected chi connectivity index (χ2v) is 4.08. The van der Waals surface area contributed by atoms with Gasteiger partial charge in [-0.3, -0.25) is 0 Å². The molecule has 0 rings (SSSR count). The van der Waals surface area contributed by atoms with Crippen LogP contribution in [-0.4, -0.2) is 40.1 Å². The zero-order valence-corrected chi connectivity index (χ0v) is 10.3. The molecule has 2 N–H and O–H groups in total. The summed E-state index contributed by atoms with van der Waals surface area (Å²) in [5.74, 6) is -1.03. The molecular formula is C11H20N2O3. The molecule has 1 unspecified atom stereocenters. The molecule has 0 aromatic heterocycles. The van der Waals surface area contributed by atoms with Crippen LogP contribution in [0.5, 0.6) is 0 Å². The van der Waals surface area contributed by atoms with Crippen molar-refractivity contribution in [2.45, 2.75) is 39.3 Å². The van der Waals surface area contributed by atoms with Crippen molar-refractivity contribution >= 4 is 12.0 Å². The number of urea groups is 1. The summed E-state index contributed by atoms with van der Waals surface area (Å²) in [6.07, 6.45) is 1.58. The van der Waals surface area contributed by atoms with Gasteiger partial charge < -0.3 is 15.3 Å². The number of carboxylic acid groups (broad SMARTS) is 1. The molecule has 0 aliphatic carbocycles. The standard InChI is InChI=1S/C11H20N2O3/c1-6-8(3)12-10(16)13(7-2)11(4,5)9(14)15/h6,8H,1,7H2,2-5H3,(H,12,16)(H,14,15). The molecule has 92 valence electrons. The minimum Gasteiger partial charge on any atom is -0.480 e. The lowest BCUT2D eigenvalue weighted by atomic mass is 10.0. The van der Waals surface area contributed by atoms with Crippen LogP contribution in [0.15, 0.2) is 12.7 Å². The highest BCUT2D eigenvalue weighted by Gasteiger charge is 2.36. The van der Waals surface area contributed by atoms with Gasteiger partial charge in [-0.05, 0) is 27.7 Å². The van der Waals surface area contributed by atoms with Crippen molar-refractivity contribution in [3.8, 4) is 0 Å². The van der Waals surface area contributed by atoms with E-state index < -0.39 is 17.5 Å². The Bertz CT molecular complexity index is 287. The van der Waals surface area contributed by atoms with Crippen LogP contribution in [-0.2, 0) is 4.79 Å². The van der Waals surface area contributed by atoms with Gasteiger partial charge in [-0.2, -0.15) is 0 Å². The molecule has 16 heavy (non-hydrogen) atoms. The zero-order valence-electron chi connectivity index (χ0n) is 10.3. The fourth-order valence-electron chi connectivity index (χ4n) is 1.24. The van der Waals surface area contributed by atoms with Crippen molar-refractivity contribution in [3.05, 3.63) is 12.7 Å². The third-order valence-corrected chi connectivity index (χ3v) is 2.46. The van der Waals surface area contributed by atoms with Gasteiger partial charge in [0.05, 0.1) is 0 Å². The summed E-state index contributed by atoms with van der Waals surface area (Å²) in [4.78, 5) is 24.1. The van der Waals surface area contributed by atoms with E-state index in [0.29, 0.717) is 6.54 Å². The number of nitrogens with zero attached hydrogens (tertiary/aromatic N) is 1. The van der Waals surface area contributed by atoms with Gasteiger partial charge in [0.2, 0.25) is 0 Å². The van der Waals surface area contributed by atoms with Gasteiger partial charge in [0.25, 0.3) is 0 Å². The molecule has 0 aliphatic heterocycles. The van der Waals surface area contributed by atoms with Gasteiger partial charge >= 0.3 is 12.0 Å². The minimum atomic E-state index is -1.22. The van der Waals surface area contributed by atoms with E-state index in [1.165, 1.54) is 18.7 Å². The van der Waals surface area contributed by atoms with Crippen molar-refractivity contribution in [1.82, 2.24) is 10.2 Å². The number of aliphatic carboxylic acids is 1. The van der Waals surface area contributed by atoms with Gasteiger partial charge in [-0.1, -0.05) is 6.08 Å². The number of amides is 2. The van der Waals surface area contributed by atoms with E-state index in [1.54, 1.807) is 19.9 Å². The predicted molar refractivity (Wildman–Crippen MR) is 62.3 cm³/mol. The van der Waals surface area contributed by atoms with Crippen LogP contribution in [0.1, 0.15) is 27.7 Å². The first-order valence-electron chi connectivity index (χ1n) is 5.21. The second kappa shape index (κ2) is 5.53. The quantitative estimate of drug-likeness (QED) is 0.700. The molecule has 0 bridgehead atoms. The molecule has 5 nitrogen and oxygen atoms in total. The largest absolute Gasteiger partial charge is 0.480 e. The highest BCUT2D eigenvalue weighted by molar-refractivity contribution is 5.85. The first-order valence-corrected chi connectivity index (χ1v) is 5.21. The van der Waals surface area contributed by atoms with Crippen LogP contribution in [0.3, 0.4) is 0 Å². The Morgan fingerprint density at radius 3 is 2.38 bits per heavy atom. The van der Waals surface area contributed by atoms with Crippen LogP contribution in [0, 0.1) is 0 Å². The Hall–Kier alpha value is -1.52. The zero-order chi connectivity index (χ0) is 12.9. The van der Waals surface area contributed by atoms with E-state index in [2.05, 4.69) is 11.9 Å². The average Bonchev–Trinajstić information content (AvgIpc) is 2.17. The molecule has 0 saturated carbocycles. The highest BCUT2D eigenvalue weighted by atomic mass is 16.4. The molecule has 5 heteroatoms. The fraction of sp³-hybridized carbons (Fsp3) is 0.636. The fourth-order valence-corrected chi connectivity index (χ4v) is 1.24. The van der Waals surface area contributed by atoms with E-state index in [-0.39, 0.29) is 6.04 Å². The maximum atomic E-state index is 11.8. The normalized spacial score (nSPS) is 12.8. The summed E-state index contributed by atoms with van der Waals surface area (Å²) in [5.41, 5.74) is -1.22. The Morgan fingerprint density at radius 2 is 2.06 bits per heavy atom.